The zero-order valence-corrected chi connectivity index (χ0v) is 17.6. The van der Waals surface area contributed by atoms with E-state index in [1.807, 2.05) is 72.8 Å². The zero-order chi connectivity index (χ0) is 22.6. The van der Waals surface area contributed by atoms with E-state index in [1.54, 1.807) is 30.3 Å². The van der Waals surface area contributed by atoms with Crippen molar-refractivity contribution in [2.75, 3.05) is 0 Å². The Balaban J connectivity index is 0.000000269. The molecule has 0 unspecified atom stereocenters. The lowest BCUT2D eigenvalue weighted by Gasteiger charge is -2.10. The summed E-state index contributed by atoms with van der Waals surface area (Å²) in [7, 11) is 0. The van der Waals surface area contributed by atoms with Crippen molar-refractivity contribution in [3.8, 4) is 0 Å². The second-order valence-electron chi connectivity index (χ2n) is 7.05. The van der Waals surface area contributed by atoms with Gasteiger partial charge in [0.05, 0.1) is 11.1 Å². The van der Waals surface area contributed by atoms with Crippen molar-refractivity contribution in [1.29, 1.82) is 0 Å². The van der Waals surface area contributed by atoms with E-state index in [4.69, 9.17) is 9.84 Å². The van der Waals surface area contributed by atoms with Crippen LogP contribution >= 0.6 is 0 Å². The highest BCUT2D eigenvalue weighted by atomic mass is 16.5. The van der Waals surface area contributed by atoms with E-state index in [2.05, 4.69) is 12.1 Å². The summed E-state index contributed by atoms with van der Waals surface area (Å²) in [5.41, 5.74) is 4.11. The predicted octanol–water partition coefficient (Wildman–Crippen LogP) is 6.02. The number of esters is 1. The Bertz CT molecular complexity index is 1120. The molecular weight excluding hydrogens is 400 g/mol. The molecule has 4 rings (SSSR count). The summed E-state index contributed by atoms with van der Waals surface area (Å²) in [5.74, 6) is -1.16. The third-order valence-electron chi connectivity index (χ3n) is 4.71. The average Bonchev–Trinajstić information content (AvgIpc) is 2.85. The fraction of sp³-hybridized carbons (Fsp3) is 0.0714. The molecule has 0 aliphatic heterocycles. The maximum absolute atomic E-state index is 12.4. The summed E-state index contributed by atoms with van der Waals surface area (Å²) in [6.07, 6.45) is 0.720. The second kappa shape index (κ2) is 11.9. The van der Waals surface area contributed by atoms with Crippen LogP contribution in [0, 0.1) is 0 Å². The van der Waals surface area contributed by atoms with Crippen molar-refractivity contribution in [3.63, 3.8) is 0 Å². The molecule has 4 aromatic rings. The standard InChI is InChI=1S/C21H18O2.C7H6O2/c22-21(23-16-18-11-5-2-6-12-18)20-14-8-7-13-19(20)15-17-9-3-1-4-10-17;8-7(9)6-4-2-1-3-5-6/h1-14H,15-16H2;1-5H,(H,8,9). The summed E-state index contributed by atoms with van der Waals surface area (Å²) in [6, 6.07) is 35.8. The molecule has 0 aliphatic rings. The highest BCUT2D eigenvalue weighted by Gasteiger charge is 2.12. The smallest absolute Gasteiger partial charge is 0.338 e. The first-order valence-corrected chi connectivity index (χ1v) is 10.2. The minimum atomic E-state index is -0.879. The summed E-state index contributed by atoms with van der Waals surface area (Å²) in [6.45, 7) is 0.291. The number of benzene rings is 4. The van der Waals surface area contributed by atoms with Crippen molar-refractivity contribution in [2.24, 2.45) is 0 Å². The molecule has 1 N–H and O–H groups in total. The lowest BCUT2D eigenvalue weighted by molar-refractivity contribution is 0.0471. The Hall–Kier alpha value is -4.18. The number of rotatable bonds is 6. The first kappa shape index (κ1) is 22.5. The van der Waals surface area contributed by atoms with Gasteiger partial charge in [0.15, 0.2) is 0 Å². The van der Waals surface area contributed by atoms with Crippen LogP contribution in [0.2, 0.25) is 0 Å². The molecule has 0 fully saturated rings. The topological polar surface area (TPSA) is 63.6 Å². The van der Waals surface area contributed by atoms with Crippen molar-refractivity contribution >= 4 is 11.9 Å². The van der Waals surface area contributed by atoms with E-state index >= 15 is 0 Å². The van der Waals surface area contributed by atoms with Crippen LogP contribution in [0.3, 0.4) is 0 Å². The SMILES string of the molecule is O=C(O)c1ccccc1.O=C(OCc1ccccc1)c1ccccc1Cc1ccccc1. The lowest BCUT2D eigenvalue weighted by atomic mass is 10.00. The third kappa shape index (κ3) is 6.96. The van der Waals surface area contributed by atoms with Gasteiger partial charge in [0, 0.05) is 0 Å². The van der Waals surface area contributed by atoms with E-state index < -0.39 is 5.97 Å². The number of carboxylic acids is 1. The molecule has 4 aromatic carbocycles. The first-order chi connectivity index (χ1) is 15.6. The molecule has 0 aliphatic carbocycles. The Kier molecular flexibility index (Phi) is 8.34. The van der Waals surface area contributed by atoms with Gasteiger partial charge in [0.1, 0.15) is 6.61 Å². The molecule has 0 saturated heterocycles. The van der Waals surface area contributed by atoms with Crippen molar-refractivity contribution in [3.05, 3.63) is 143 Å². The van der Waals surface area contributed by atoms with Gasteiger partial charge in [0.25, 0.3) is 0 Å². The molecule has 0 amide bonds. The summed E-state index contributed by atoms with van der Waals surface area (Å²) in [4.78, 5) is 22.6. The van der Waals surface area contributed by atoms with Crippen molar-refractivity contribution in [2.45, 2.75) is 13.0 Å². The number of carbonyl (C=O) groups is 2. The lowest BCUT2D eigenvalue weighted by Crippen LogP contribution is -2.08. The fourth-order valence-electron chi connectivity index (χ4n) is 3.07. The van der Waals surface area contributed by atoms with Gasteiger partial charge in [-0.3, -0.25) is 0 Å². The van der Waals surface area contributed by atoms with Gasteiger partial charge in [-0.2, -0.15) is 0 Å². The van der Waals surface area contributed by atoms with Crippen LogP contribution in [0.15, 0.2) is 115 Å². The molecule has 4 heteroatoms. The molecule has 0 heterocycles. The monoisotopic (exact) mass is 424 g/mol. The summed E-state index contributed by atoms with van der Waals surface area (Å²) in [5, 5.41) is 8.38. The second-order valence-corrected chi connectivity index (χ2v) is 7.05. The van der Waals surface area contributed by atoms with Gasteiger partial charge in [-0.15, -0.1) is 0 Å². The van der Waals surface area contributed by atoms with Crippen molar-refractivity contribution < 1.29 is 19.4 Å². The van der Waals surface area contributed by atoms with Gasteiger partial charge in [-0.05, 0) is 41.3 Å². The number of hydrogen-bond donors (Lipinski definition) is 1. The minimum absolute atomic E-state index is 0.277. The molecular formula is C28H24O4. The van der Waals surface area contributed by atoms with E-state index in [0.717, 1.165) is 17.5 Å². The van der Waals surface area contributed by atoms with Crippen LogP contribution in [0.1, 0.15) is 37.4 Å². The Morgan fingerprint density at radius 3 is 1.69 bits per heavy atom. The minimum Gasteiger partial charge on any atom is -0.478 e. The molecule has 0 atom stereocenters. The van der Waals surface area contributed by atoms with Gasteiger partial charge < -0.3 is 9.84 Å². The molecule has 0 radical (unpaired) electrons. The molecule has 4 nitrogen and oxygen atoms in total. The highest BCUT2D eigenvalue weighted by molar-refractivity contribution is 5.91. The molecule has 32 heavy (non-hydrogen) atoms. The van der Waals surface area contributed by atoms with Crippen LogP contribution in [-0.2, 0) is 17.8 Å². The quantitative estimate of drug-likeness (QED) is 0.385. The van der Waals surface area contributed by atoms with Crippen LogP contribution in [0.25, 0.3) is 0 Å². The van der Waals surface area contributed by atoms with E-state index in [9.17, 15) is 9.59 Å². The first-order valence-electron chi connectivity index (χ1n) is 10.2. The number of aromatic carboxylic acids is 1. The largest absolute Gasteiger partial charge is 0.478 e. The van der Waals surface area contributed by atoms with Crippen LogP contribution in [0.4, 0.5) is 0 Å². The molecule has 0 bridgehead atoms. The number of carbonyl (C=O) groups excluding carboxylic acids is 1. The average molecular weight is 424 g/mol. The Morgan fingerprint density at radius 2 is 1.12 bits per heavy atom. The van der Waals surface area contributed by atoms with Crippen molar-refractivity contribution in [1.82, 2.24) is 0 Å². The number of carboxylic acid groups (broad SMARTS) is 1. The molecule has 160 valence electrons. The molecule has 0 spiro atoms. The number of hydrogen-bond acceptors (Lipinski definition) is 3. The van der Waals surface area contributed by atoms with Crippen LogP contribution < -0.4 is 0 Å². The maximum Gasteiger partial charge on any atom is 0.338 e. The fourth-order valence-corrected chi connectivity index (χ4v) is 3.07. The Labute approximate surface area is 187 Å². The van der Waals surface area contributed by atoms with E-state index in [-0.39, 0.29) is 5.97 Å². The summed E-state index contributed by atoms with van der Waals surface area (Å²) < 4.78 is 5.45. The van der Waals surface area contributed by atoms with Crippen LogP contribution in [-0.4, -0.2) is 17.0 Å². The zero-order valence-electron chi connectivity index (χ0n) is 17.6. The predicted molar refractivity (Wildman–Crippen MR) is 125 cm³/mol. The highest BCUT2D eigenvalue weighted by Crippen LogP contribution is 2.16. The number of ether oxygens (including phenoxy) is 1. The normalized spacial score (nSPS) is 9.88. The van der Waals surface area contributed by atoms with Gasteiger partial charge in [-0.25, -0.2) is 9.59 Å². The summed E-state index contributed by atoms with van der Waals surface area (Å²) >= 11 is 0. The third-order valence-corrected chi connectivity index (χ3v) is 4.71. The van der Waals surface area contributed by atoms with E-state index in [0.29, 0.717) is 17.7 Å². The molecule has 0 aromatic heterocycles. The maximum atomic E-state index is 12.4. The van der Waals surface area contributed by atoms with Gasteiger partial charge >= 0.3 is 11.9 Å². The molecule has 0 saturated carbocycles. The van der Waals surface area contributed by atoms with E-state index in [1.165, 1.54) is 5.56 Å². The van der Waals surface area contributed by atoms with Gasteiger partial charge in [0.2, 0.25) is 0 Å². The Morgan fingerprint density at radius 1 is 0.625 bits per heavy atom. The van der Waals surface area contributed by atoms with Crippen LogP contribution in [0.5, 0.6) is 0 Å². The van der Waals surface area contributed by atoms with Gasteiger partial charge in [-0.1, -0.05) is 97.1 Å².